The molecule has 1 atom stereocenters. The van der Waals surface area contributed by atoms with E-state index in [1.807, 2.05) is 42.6 Å². The molecule has 1 heterocycles. The molecule has 1 unspecified atom stereocenters. The Labute approximate surface area is 127 Å². The van der Waals surface area contributed by atoms with Gasteiger partial charge in [-0.3, -0.25) is 0 Å². The molecule has 4 heteroatoms. The molecule has 1 aromatic heterocycles. The molecular weight excluding hydrogens is 287 g/mol. The highest BCUT2D eigenvalue weighted by atomic mass is 35.5. The fourth-order valence-electron chi connectivity index (χ4n) is 2.20. The predicted octanol–water partition coefficient (Wildman–Crippen LogP) is 4.53. The lowest BCUT2D eigenvalue weighted by atomic mass is 10.1. The van der Waals surface area contributed by atoms with E-state index in [0.717, 1.165) is 11.3 Å². The van der Waals surface area contributed by atoms with Crippen LogP contribution < -0.4 is 0 Å². The Morgan fingerprint density at radius 1 is 1.05 bits per heavy atom. The second-order valence-corrected chi connectivity index (χ2v) is 5.34. The maximum atomic E-state index is 13.7. The molecular formula is C17H14ClFN2. The molecule has 0 saturated carbocycles. The van der Waals surface area contributed by atoms with E-state index in [-0.39, 0.29) is 11.2 Å². The lowest BCUT2D eigenvalue weighted by molar-refractivity contribution is 0.607. The van der Waals surface area contributed by atoms with Crippen molar-refractivity contribution in [1.29, 1.82) is 0 Å². The number of rotatable bonds is 4. The second kappa shape index (κ2) is 6.10. The van der Waals surface area contributed by atoms with Gasteiger partial charge in [-0.15, -0.1) is 11.6 Å². The maximum absolute atomic E-state index is 13.7. The van der Waals surface area contributed by atoms with E-state index in [2.05, 4.69) is 5.10 Å². The quantitative estimate of drug-likeness (QED) is 0.647. The Bertz CT molecular complexity index is 724. The minimum absolute atomic E-state index is 0.224. The monoisotopic (exact) mass is 300 g/mol. The first-order chi connectivity index (χ1) is 10.2. The van der Waals surface area contributed by atoms with Crippen LogP contribution in [0.1, 0.15) is 16.5 Å². The van der Waals surface area contributed by atoms with Gasteiger partial charge in [0.25, 0.3) is 0 Å². The van der Waals surface area contributed by atoms with Gasteiger partial charge in [0, 0.05) is 11.8 Å². The van der Waals surface area contributed by atoms with Crippen LogP contribution in [0.25, 0.3) is 5.69 Å². The molecule has 21 heavy (non-hydrogen) atoms. The lowest BCUT2D eigenvalue weighted by Gasteiger charge is -2.08. The van der Waals surface area contributed by atoms with Crippen molar-refractivity contribution in [1.82, 2.24) is 9.78 Å². The molecule has 3 rings (SSSR count). The van der Waals surface area contributed by atoms with Gasteiger partial charge >= 0.3 is 0 Å². The minimum Gasteiger partial charge on any atom is -0.241 e. The van der Waals surface area contributed by atoms with Crippen molar-refractivity contribution in [2.75, 3.05) is 0 Å². The molecule has 2 aromatic carbocycles. The van der Waals surface area contributed by atoms with Crippen molar-refractivity contribution < 1.29 is 4.39 Å². The van der Waals surface area contributed by atoms with Crippen LogP contribution in [0.4, 0.5) is 4.39 Å². The van der Waals surface area contributed by atoms with E-state index in [9.17, 15) is 4.39 Å². The van der Waals surface area contributed by atoms with Gasteiger partial charge in [0.2, 0.25) is 0 Å². The number of benzene rings is 2. The second-order valence-electron chi connectivity index (χ2n) is 4.82. The first-order valence-electron chi connectivity index (χ1n) is 6.71. The Morgan fingerprint density at radius 3 is 2.52 bits per heavy atom. The van der Waals surface area contributed by atoms with Gasteiger partial charge in [-0.1, -0.05) is 36.4 Å². The van der Waals surface area contributed by atoms with Crippen LogP contribution in [-0.2, 0) is 6.42 Å². The summed E-state index contributed by atoms with van der Waals surface area (Å²) in [5, 5.41) is 4.00. The van der Waals surface area contributed by atoms with Crippen molar-refractivity contribution in [3.8, 4) is 5.69 Å². The molecule has 0 radical (unpaired) electrons. The van der Waals surface area contributed by atoms with Crippen molar-refractivity contribution in [3.05, 3.63) is 83.9 Å². The Kier molecular flexibility index (Phi) is 4.02. The standard InChI is InChI=1S/C17H14ClFN2/c18-16(10-13-6-4-5-9-17(13)19)14-11-20-21(12-14)15-7-2-1-3-8-15/h1-9,11-12,16H,10H2. The molecule has 0 saturated heterocycles. The summed E-state index contributed by atoms with van der Waals surface area (Å²) in [7, 11) is 0. The lowest BCUT2D eigenvalue weighted by Crippen LogP contribution is -1.98. The van der Waals surface area contributed by atoms with Crippen LogP contribution >= 0.6 is 11.6 Å². The van der Waals surface area contributed by atoms with Gasteiger partial charge in [-0.25, -0.2) is 9.07 Å². The predicted molar refractivity (Wildman–Crippen MR) is 82.3 cm³/mol. The minimum atomic E-state index is -0.306. The summed E-state index contributed by atoms with van der Waals surface area (Å²) in [6.07, 6.45) is 4.05. The molecule has 0 N–H and O–H groups in total. The zero-order valence-electron chi connectivity index (χ0n) is 11.3. The Hall–Kier alpha value is -2.13. The summed E-state index contributed by atoms with van der Waals surface area (Å²) < 4.78 is 15.4. The van der Waals surface area contributed by atoms with E-state index >= 15 is 0 Å². The topological polar surface area (TPSA) is 17.8 Å². The molecule has 2 nitrogen and oxygen atoms in total. The van der Waals surface area contributed by atoms with E-state index in [1.165, 1.54) is 6.07 Å². The summed E-state index contributed by atoms with van der Waals surface area (Å²) in [6, 6.07) is 16.5. The largest absolute Gasteiger partial charge is 0.241 e. The first kappa shape index (κ1) is 13.8. The van der Waals surface area contributed by atoms with Crippen LogP contribution in [0.15, 0.2) is 67.0 Å². The molecule has 106 valence electrons. The number of para-hydroxylation sites is 1. The number of halogens is 2. The summed E-state index contributed by atoms with van der Waals surface area (Å²) in [4.78, 5) is 0. The fourth-order valence-corrected chi connectivity index (χ4v) is 2.47. The van der Waals surface area contributed by atoms with Gasteiger partial charge < -0.3 is 0 Å². The van der Waals surface area contributed by atoms with E-state index in [1.54, 1.807) is 23.0 Å². The highest BCUT2D eigenvalue weighted by Gasteiger charge is 2.14. The zero-order valence-corrected chi connectivity index (χ0v) is 12.0. The first-order valence-corrected chi connectivity index (χ1v) is 7.15. The van der Waals surface area contributed by atoms with Gasteiger partial charge in [-0.05, 0) is 30.2 Å². The highest BCUT2D eigenvalue weighted by Crippen LogP contribution is 2.26. The van der Waals surface area contributed by atoms with Crippen molar-refractivity contribution >= 4 is 11.6 Å². The van der Waals surface area contributed by atoms with E-state index in [4.69, 9.17) is 11.6 Å². The number of hydrogen-bond acceptors (Lipinski definition) is 1. The van der Waals surface area contributed by atoms with Crippen molar-refractivity contribution in [2.24, 2.45) is 0 Å². The average Bonchev–Trinajstić information content (AvgIpc) is 3.00. The Balaban J connectivity index is 1.79. The van der Waals surface area contributed by atoms with Crippen LogP contribution in [0.2, 0.25) is 0 Å². The van der Waals surface area contributed by atoms with Gasteiger partial charge in [-0.2, -0.15) is 5.10 Å². The molecule has 0 bridgehead atoms. The third-order valence-electron chi connectivity index (χ3n) is 3.34. The van der Waals surface area contributed by atoms with E-state index < -0.39 is 0 Å². The van der Waals surface area contributed by atoms with Gasteiger partial charge in [0.1, 0.15) is 5.82 Å². The zero-order chi connectivity index (χ0) is 14.7. The summed E-state index contributed by atoms with van der Waals surface area (Å²) >= 11 is 6.39. The van der Waals surface area contributed by atoms with Crippen LogP contribution in [0, 0.1) is 5.82 Å². The molecule has 0 fully saturated rings. The summed E-state index contributed by atoms with van der Waals surface area (Å²) in [6.45, 7) is 0. The van der Waals surface area contributed by atoms with Crippen molar-refractivity contribution in [3.63, 3.8) is 0 Å². The highest BCUT2D eigenvalue weighted by molar-refractivity contribution is 6.20. The molecule has 3 aromatic rings. The van der Waals surface area contributed by atoms with E-state index in [0.29, 0.717) is 12.0 Å². The van der Waals surface area contributed by atoms with Crippen molar-refractivity contribution in [2.45, 2.75) is 11.8 Å². The fraction of sp³-hybridized carbons (Fsp3) is 0.118. The maximum Gasteiger partial charge on any atom is 0.126 e. The normalized spacial score (nSPS) is 12.3. The SMILES string of the molecule is Fc1ccccc1CC(Cl)c1cnn(-c2ccccc2)c1. The smallest absolute Gasteiger partial charge is 0.126 e. The molecule has 0 aliphatic carbocycles. The molecule has 0 spiro atoms. The molecule has 0 aliphatic heterocycles. The van der Waals surface area contributed by atoms with Gasteiger partial charge in [0.05, 0.1) is 17.3 Å². The Morgan fingerprint density at radius 2 is 1.76 bits per heavy atom. The molecule has 0 aliphatic rings. The van der Waals surface area contributed by atoms with Crippen LogP contribution in [-0.4, -0.2) is 9.78 Å². The third-order valence-corrected chi connectivity index (χ3v) is 3.75. The summed E-state index contributed by atoms with van der Waals surface area (Å²) in [5.41, 5.74) is 2.47. The number of hydrogen-bond donors (Lipinski definition) is 0. The number of alkyl halides is 1. The third kappa shape index (κ3) is 3.14. The number of nitrogens with zero attached hydrogens (tertiary/aromatic N) is 2. The van der Waals surface area contributed by atoms with Crippen LogP contribution in [0.3, 0.4) is 0 Å². The van der Waals surface area contributed by atoms with Crippen LogP contribution in [0.5, 0.6) is 0 Å². The average molecular weight is 301 g/mol. The summed E-state index contributed by atoms with van der Waals surface area (Å²) in [5.74, 6) is -0.224. The number of aromatic nitrogens is 2. The van der Waals surface area contributed by atoms with Gasteiger partial charge in [0.15, 0.2) is 0 Å². The molecule has 0 amide bonds.